The Bertz CT molecular complexity index is 786. The lowest BCUT2D eigenvalue weighted by Gasteiger charge is -2.15. The molecule has 5 heteroatoms. The van der Waals surface area contributed by atoms with E-state index >= 15 is 0 Å². The van der Waals surface area contributed by atoms with Crippen molar-refractivity contribution in [2.75, 3.05) is 7.05 Å². The molecule has 3 nitrogen and oxygen atoms in total. The molecule has 0 aliphatic heterocycles. The van der Waals surface area contributed by atoms with Gasteiger partial charge in [0.15, 0.2) is 5.76 Å². The van der Waals surface area contributed by atoms with Crippen molar-refractivity contribution in [2.24, 2.45) is 0 Å². The van der Waals surface area contributed by atoms with Crippen LogP contribution in [0, 0.1) is 5.82 Å². The molecule has 0 aliphatic rings. The van der Waals surface area contributed by atoms with E-state index in [4.69, 9.17) is 16.0 Å². The second-order valence-electron chi connectivity index (χ2n) is 5.39. The maximum atomic E-state index is 13.0. The minimum atomic E-state index is -0.270. The van der Waals surface area contributed by atoms with Gasteiger partial charge in [0.05, 0.1) is 12.7 Å². The van der Waals surface area contributed by atoms with Gasteiger partial charge in [-0.15, -0.1) is 0 Å². The van der Waals surface area contributed by atoms with Gasteiger partial charge in [0.25, 0.3) is 0 Å². The first-order valence-corrected chi connectivity index (χ1v) is 7.62. The average molecular weight is 331 g/mol. The highest BCUT2D eigenvalue weighted by atomic mass is 35.5. The van der Waals surface area contributed by atoms with Crippen LogP contribution in [-0.2, 0) is 13.1 Å². The van der Waals surface area contributed by atoms with Crippen molar-refractivity contribution < 1.29 is 8.81 Å². The molecule has 0 unspecified atom stereocenters. The monoisotopic (exact) mass is 330 g/mol. The van der Waals surface area contributed by atoms with Crippen molar-refractivity contribution >= 4 is 11.6 Å². The van der Waals surface area contributed by atoms with Crippen LogP contribution in [0.5, 0.6) is 0 Å². The van der Waals surface area contributed by atoms with E-state index in [2.05, 4.69) is 9.88 Å². The maximum absolute atomic E-state index is 13.0. The Hall–Kier alpha value is -2.17. The summed E-state index contributed by atoms with van der Waals surface area (Å²) in [4.78, 5) is 6.35. The number of hydrogen-bond acceptors (Lipinski definition) is 3. The van der Waals surface area contributed by atoms with Crippen molar-refractivity contribution in [1.29, 1.82) is 0 Å². The fraction of sp³-hybridized carbons (Fsp3) is 0.167. The molecule has 2 aromatic carbocycles. The Morgan fingerprint density at radius 3 is 2.57 bits per heavy atom. The Morgan fingerprint density at radius 1 is 1.09 bits per heavy atom. The molecule has 0 N–H and O–H groups in total. The van der Waals surface area contributed by atoms with Crippen LogP contribution in [-0.4, -0.2) is 16.9 Å². The lowest BCUT2D eigenvalue weighted by atomic mass is 10.2. The normalized spacial score (nSPS) is 11.1. The summed E-state index contributed by atoms with van der Waals surface area (Å²) in [6.45, 7) is 1.26. The minimum absolute atomic E-state index is 0.270. The largest absolute Gasteiger partial charge is 0.439 e. The fourth-order valence-electron chi connectivity index (χ4n) is 2.34. The van der Waals surface area contributed by atoms with Crippen molar-refractivity contribution in [3.8, 4) is 11.3 Å². The molecule has 3 aromatic rings. The van der Waals surface area contributed by atoms with Gasteiger partial charge in [0, 0.05) is 17.1 Å². The molecule has 0 bridgehead atoms. The van der Waals surface area contributed by atoms with Gasteiger partial charge >= 0.3 is 0 Å². The molecule has 0 fully saturated rings. The third-order valence-electron chi connectivity index (χ3n) is 3.49. The molecule has 23 heavy (non-hydrogen) atoms. The predicted octanol–water partition coefficient (Wildman–Crippen LogP) is 4.77. The molecule has 0 atom stereocenters. The minimum Gasteiger partial charge on any atom is -0.439 e. The molecule has 1 aromatic heterocycles. The van der Waals surface area contributed by atoms with E-state index in [0.29, 0.717) is 24.7 Å². The SMILES string of the molecule is CN(Cc1ncc(-c2ccc(F)cc2)o1)Cc1ccccc1Cl. The number of aromatic nitrogens is 1. The van der Waals surface area contributed by atoms with Gasteiger partial charge < -0.3 is 4.42 Å². The maximum Gasteiger partial charge on any atom is 0.209 e. The van der Waals surface area contributed by atoms with E-state index in [1.165, 1.54) is 12.1 Å². The van der Waals surface area contributed by atoms with Crippen LogP contribution in [0.4, 0.5) is 4.39 Å². The fourth-order valence-corrected chi connectivity index (χ4v) is 2.53. The van der Waals surface area contributed by atoms with E-state index in [-0.39, 0.29) is 5.82 Å². The number of hydrogen-bond donors (Lipinski definition) is 0. The first-order chi connectivity index (χ1) is 11.1. The molecule has 0 aliphatic carbocycles. The number of halogens is 2. The van der Waals surface area contributed by atoms with E-state index in [9.17, 15) is 4.39 Å². The first kappa shape index (κ1) is 15.7. The lowest BCUT2D eigenvalue weighted by Crippen LogP contribution is -2.17. The van der Waals surface area contributed by atoms with Crippen LogP contribution >= 0.6 is 11.6 Å². The van der Waals surface area contributed by atoms with Gasteiger partial charge in [-0.3, -0.25) is 4.90 Å². The van der Waals surface area contributed by atoms with E-state index in [0.717, 1.165) is 16.1 Å². The Kier molecular flexibility index (Phi) is 4.74. The van der Waals surface area contributed by atoms with Crippen LogP contribution < -0.4 is 0 Å². The molecule has 0 saturated heterocycles. The van der Waals surface area contributed by atoms with E-state index in [1.54, 1.807) is 18.3 Å². The summed E-state index contributed by atoms with van der Waals surface area (Å²) >= 11 is 6.17. The summed E-state index contributed by atoms with van der Waals surface area (Å²) in [7, 11) is 1.98. The number of oxazole rings is 1. The molecule has 1 heterocycles. The molecule has 0 spiro atoms. The van der Waals surface area contributed by atoms with Gasteiger partial charge in [-0.2, -0.15) is 0 Å². The van der Waals surface area contributed by atoms with Gasteiger partial charge in [-0.1, -0.05) is 29.8 Å². The predicted molar refractivity (Wildman–Crippen MR) is 88.5 cm³/mol. The number of rotatable bonds is 5. The molecular formula is C18H16ClFN2O. The number of benzene rings is 2. The molecule has 0 saturated carbocycles. The summed E-state index contributed by atoms with van der Waals surface area (Å²) in [5, 5.41) is 0.749. The standard InChI is InChI=1S/C18H16ClFN2O/c1-22(11-14-4-2-3-5-16(14)19)12-18-21-10-17(23-18)13-6-8-15(20)9-7-13/h2-10H,11-12H2,1H3. The third-order valence-corrected chi connectivity index (χ3v) is 3.85. The second kappa shape index (κ2) is 6.94. The Balaban J connectivity index is 1.67. The quantitative estimate of drug-likeness (QED) is 0.675. The molecular weight excluding hydrogens is 315 g/mol. The summed E-state index contributed by atoms with van der Waals surface area (Å²) in [5.41, 5.74) is 1.86. The van der Waals surface area contributed by atoms with E-state index in [1.807, 2.05) is 31.3 Å². The molecule has 118 valence electrons. The molecule has 0 radical (unpaired) electrons. The topological polar surface area (TPSA) is 29.3 Å². The van der Waals surface area contributed by atoms with Gasteiger partial charge in [-0.05, 0) is 42.9 Å². The molecule has 3 rings (SSSR count). The number of nitrogens with zero attached hydrogens (tertiary/aromatic N) is 2. The third kappa shape index (κ3) is 3.97. The highest BCUT2D eigenvalue weighted by Crippen LogP contribution is 2.22. The van der Waals surface area contributed by atoms with Crippen molar-refractivity contribution in [1.82, 2.24) is 9.88 Å². The van der Waals surface area contributed by atoms with Gasteiger partial charge in [0.1, 0.15) is 5.82 Å². The summed E-state index contributed by atoms with van der Waals surface area (Å²) in [5.74, 6) is 0.970. The summed E-state index contributed by atoms with van der Waals surface area (Å²) < 4.78 is 18.7. The average Bonchev–Trinajstić information content (AvgIpc) is 2.98. The Labute approximate surface area is 139 Å². The first-order valence-electron chi connectivity index (χ1n) is 7.24. The zero-order chi connectivity index (χ0) is 16.2. The van der Waals surface area contributed by atoms with Gasteiger partial charge in [-0.25, -0.2) is 9.37 Å². The van der Waals surface area contributed by atoms with Crippen LogP contribution in [0.1, 0.15) is 11.5 Å². The summed E-state index contributed by atoms with van der Waals surface area (Å²) in [6.07, 6.45) is 1.66. The second-order valence-corrected chi connectivity index (χ2v) is 5.80. The van der Waals surface area contributed by atoms with Crippen LogP contribution in [0.3, 0.4) is 0 Å². The highest BCUT2D eigenvalue weighted by Gasteiger charge is 2.10. The van der Waals surface area contributed by atoms with Crippen molar-refractivity contribution in [2.45, 2.75) is 13.1 Å². The summed E-state index contributed by atoms with van der Waals surface area (Å²) in [6, 6.07) is 13.9. The smallest absolute Gasteiger partial charge is 0.209 e. The lowest BCUT2D eigenvalue weighted by molar-refractivity contribution is 0.283. The van der Waals surface area contributed by atoms with Crippen LogP contribution in [0.25, 0.3) is 11.3 Å². The Morgan fingerprint density at radius 2 is 1.83 bits per heavy atom. The van der Waals surface area contributed by atoms with Gasteiger partial charge in [0.2, 0.25) is 5.89 Å². The zero-order valence-electron chi connectivity index (χ0n) is 12.7. The van der Waals surface area contributed by atoms with Crippen molar-refractivity contribution in [3.63, 3.8) is 0 Å². The molecule has 0 amide bonds. The zero-order valence-corrected chi connectivity index (χ0v) is 13.4. The highest BCUT2D eigenvalue weighted by molar-refractivity contribution is 6.31. The van der Waals surface area contributed by atoms with Crippen LogP contribution in [0.15, 0.2) is 59.1 Å². The van der Waals surface area contributed by atoms with E-state index < -0.39 is 0 Å². The van der Waals surface area contributed by atoms with Crippen molar-refractivity contribution in [3.05, 3.63) is 77.0 Å². The van der Waals surface area contributed by atoms with Crippen LogP contribution in [0.2, 0.25) is 5.02 Å².